The van der Waals surface area contributed by atoms with E-state index in [1.807, 2.05) is 0 Å². The van der Waals surface area contributed by atoms with Gasteiger partial charge in [0.05, 0.1) is 6.61 Å². The normalized spacial score (nSPS) is 13.3. The molecule has 0 aliphatic rings. The third-order valence-electron chi connectivity index (χ3n) is 11.4. The van der Waals surface area contributed by atoms with E-state index in [-0.39, 0.29) is 25.2 Å². The van der Waals surface area contributed by atoms with Crippen LogP contribution in [-0.4, -0.2) is 36.4 Å². The van der Waals surface area contributed by atoms with E-state index in [0.29, 0.717) is 12.8 Å². The summed E-state index contributed by atoms with van der Waals surface area (Å²) in [6.07, 6.45) is 85.6. The second-order valence-electron chi connectivity index (χ2n) is 17.9. The molecule has 0 aromatic carbocycles. The van der Waals surface area contributed by atoms with Gasteiger partial charge >= 0.3 is 11.9 Å². The third kappa shape index (κ3) is 54.6. The van der Waals surface area contributed by atoms with Gasteiger partial charge in [-0.25, -0.2) is 0 Å². The first-order valence-corrected chi connectivity index (χ1v) is 27.7. The summed E-state index contributed by atoms with van der Waals surface area (Å²) in [6.45, 7) is 3.90. The molecule has 0 aromatic heterocycles. The fourth-order valence-corrected chi connectivity index (χ4v) is 7.35. The first-order valence-electron chi connectivity index (χ1n) is 27.7. The number of allylic oxidation sites excluding steroid dienone is 22. The summed E-state index contributed by atoms with van der Waals surface area (Å²) in [6, 6.07) is 0. The second-order valence-corrected chi connectivity index (χ2v) is 17.9. The fourth-order valence-electron chi connectivity index (χ4n) is 7.35. The average Bonchev–Trinajstić information content (AvgIpc) is 3.34. The molecule has 0 aliphatic carbocycles. The summed E-state index contributed by atoms with van der Waals surface area (Å²) < 4.78 is 10.7. The quantitative estimate of drug-likeness (QED) is 0.0374. The van der Waals surface area contributed by atoms with Crippen molar-refractivity contribution < 1.29 is 24.2 Å². The zero-order valence-electron chi connectivity index (χ0n) is 43.8. The predicted octanol–water partition coefficient (Wildman–Crippen LogP) is 18.9. The van der Waals surface area contributed by atoms with Gasteiger partial charge in [-0.2, -0.15) is 0 Å². The highest BCUT2D eigenvalue weighted by Crippen LogP contribution is 2.15. The maximum Gasteiger partial charge on any atom is 0.306 e. The van der Waals surface area contributed by atoms with Crippen molar-refractivity contribution in [1.29, 1.82) is 0 Å². The molecule has 0 spiro atoms. The van der Waals surface area contributed by atoms with Crippen molar-refractivity contribution in [3.63, 3.8) is 0 Å². The highest BCUT2D eigenvalue weighted by atomic mass is 16.6. The number of hydrogen-bond donors (Lipinski definition) is 1. The van der Waals surface area contributed by atoms with Crippen LogP contribution in [0.15, 0.2) is 134 Å². The monoisotopic (exact) mass is 939 g/mol. The lowest BCUT2D eigenvalue weighted by Gasteiger charge is -2.15. The highest BCUT2D eigenvalue weighted by molar-refractivity contribution is 5.70. The molecule has 1 unspecified atom stereocenters. The summed E-state index contributed by atoms with van der Waals surface area (Å²) in [4.78, 5) is 24.5. The smallest absolute Gasteiger partial charge is 0.306 e. The van der Waals surface area contributed by atoms with Crippen molar-refractivity contribution in [3.05, 3.63) is 134 Å². The van der Waals surface area contributed by atoms with Crippen LogP contribution in [-0.2, 0) is 19.1 Å². The van der Waals surface area contributed by atoms with E-state index in [1.165, 1.54) is 89.9 Å². The first-order chi connectivity index (χ1) is 33.6. The molecule has 5 heteroatoms. The summed E-state index contributed by atoms with van der Waals surface area (Å²) in [7, 11) is 0. The average molecular weight is 940 g/mol. The SMILES string of the molecule is CC/C=C\C/C=C\C/C=C\C/C=C\C/C=C\C/C=C\C/C=C\C/C=C\CCCCCCCCCCCCCCC(=O)OC(CO)COC(=O)CCCCCCCCC/C=C\C/C=C\C/C=C\CC. The van der Waals surface area contributed by atoms with E-state index in [1.54, 1.807) is 0 Å². The van der Waals surface area contributed by atoms with Crippen molar-refractivity contribution in [2.75, 3.05) is 13.2 Å². The third-order valence-corrected chi connectivity index (χ3v) is 11.4. The minimum atomic E-state index is -0.786. The van der Waals surface area contributed by atoms with Crippen LogP contribution in [0.4, 0.5) is 0 Å². The Morgan fingerprint density at radius 2 is 0.588 bits per heavy atom. The number of carbonyl (C=O) groups excluding carboxylic acids is 2. The molecule has 0 saturated carbocycles. The Labute approximate surface area is 419 Å². The number of aliphatic hydroxyl groups is 1. The lowest BCUT2D eigenvalue weighted by molar-refractivity contribution is -0.161. The first kappa shape index (κ1) is 64.0. The number of unbranched alkanes of at least 4 members (excludes halogenated alkanes) is 19. The van der Waals surface area contributed by atoms with Crippen LogP contribution in [0, 0.1) is 0 Å². The van der Waals surface area contributed by atoms with Gasteiger partial charge in [0.15, 0.2) is 6.10 Å². The largest absolute Gasteiger partial charge is 0.462 e. The molecular formula is C63H102O5. The molecule has 0 aromatic rings. The van der Waals surface area contributed by atoms with Crippen molar-refractivity contribution in [1.82, 2.24) is 0 Å². The molecule has 0 radical (unpaired) electrons. The Bertz CT molecular complexity index is 1430. The molecular weight excluding hydrogens is 837 g/mol. The van der Waals surface area contributed by atoms with Gasteiger partial charge in [-0.05, 0) is 109 Å². The Morgan fingerprint density at radius 3 is 0.882 bits per heavy atom. The highest BCUT2D eigenvalue weighted by Gasteiger charge is 2.16. The molecule has 68 heavy (non-hydrogen) atoms. The second kappa shape index (κ2) is 57.4. The minimum Gasteiger partial charge on any atom is -0.462 e. The zero-order chi connectivity index (χ0) is 49.2. The van der Waals surface area contributed by atoms with E-state index in [2.05, 4.69) is 148 Å². The molecule has 0 bridgehead atoms. The fraction of sp³-hybridized carbons (Fsp3) is 0.619. The van der Waals surface area contributed by atoms with Crippen LogP contribution in [0.3, 0.4) is 0 Å². The van der Waals surface area contributed by atoms with Crippen molar-refractivity contribution in [2.24, 2.45) is 0 Å². The van der Waals surface area contributed by atoms with E-state index < -0.39 is 6.10 Å². The molecule has 0 rings (SSSR count). The molecule has 0 heterocycles. The number of rotatable bonds is 49. The standard InChI is InChI=1S/C63H102O5/c1-3-5-7-9-11-13-15-17-19-21-22-23-24-25-26-27-28-29-30-31-32-33-34-35-36-37-38-39-40-42-44-46-48-50-52-54-56-58-63(66)68-61(59-64)60-67-62(65)57-55-53-51-49-47-45-43-41-20-18-16-14-12-10-8-6-4-2/h5-8,11-14,17-20,22-23,25-26,28-29,31-32,34-35,61,64H,3-4,9-10,15-16,21,24,27,30,33,36-60H2,1-2H3/b7-5-,8-6-,13-11-,14-12-,19-17-,20-18-,23-22-,26-25-,29-28-,32-31-,35-34-. The molecule has 0 fully saturated rings. The minimum absolute atomic E-state index is 0.0782. The van der Waals surface area contributed by atoms with Crippen LogP contribution in [0.25, 0.3) is 0 Å². The van der Waals surface area contributed by atoms with E-state index >= 15 is 0 Å². The molecule has 1 N–H and O–H groups in total. The lowest BCUT2D eigenvalue weighted by atomic mass is 10.0. The van der Waals surface area contributed by atoms with E-state index in [9.17, 15) is 14.7 Å². The Kier molecular flexibility index (Phi) is 54.0. The van der Waals surface area contributed by atoms with Gasteiger partial charge in [0.25, 0.3) is 0 Å². The van der Waals surface area contributed by atoms with E-state index in [0.717, 1.165) is 116 Å². The Balaban J connectivity index is 3.56. The van der Waals surface area contributed by atoms with Crippen LogP contribution in [0.2, 0.25) is 0 Å². The molecule has 384 valence electrons. The van der Waals surface area contributed by atoms with Gasteiger partial charge in [0.2, 0.25) is 0 Å². The number of carbonyl (C=O) groups is 2. The van der Waals surface area contributed by atoms with Crippen LogP contribution < -0.4 is 0 Å². The topological polar surface area (TPSA) is 72.8 Å². The molecule has 5 nitrogen and oxygen atoms in total. The maximum atomic E-state index is 12.3. The van der Waals surface area contributed by atoms with Gasteiger partial charge < -0.3 is 14.6 Å². The van der Waals surface area contributed by atoms with Gasteiger partial charge in [-0.3, -0.25) is 9.59 Å². The summed E-state index contributed by atoms with van der Waals surface area (Å²) in [5.74, 6) is -0.610. The zero-order valence-corrected chi connectivity index (χ0v) is 43.8. The van der Waals surface area contributed by atoms with Crippen LogP contribution in [0.5, 0.6) is 0 Å². The number of aliphatic hydroxyl groups excluding tert-OH is 1. The predicted molar refractivity (Wildman–Crippen MR) is 297 cm³/mol. The van der Waals surface area contributed by atoms with E-state index in [4.69, 9.17) is 9.47 Å². The molecule has 1 atom stereocenters. The van der Waals surface area contributed by atoms with Crippen LogP contribution in [0.1, 0.15) is 232 Å². The number of ether oxygens (including phenoxy) is 2. The number of esters is 2. The molecule has 0 amide bonds. The molecule has 0 aliphatic heterocycles. The Hall–Kier alpha value is -3.96. The van der Waals surface area contributed by atoms with Crippen LogP contribution >= 0.6 is 0 Å². The molecule has 0 saturated heterocycles. The summed E-state index contributed by atoms with van der Waals surface area (Å²) >= 11 is 0. The van der Waals surface area contributed by atoms with Gasteiger partial charge in [0.1, 0.15) is 6.61 Å². The Morgan fingerprint density at radius 1 is 0.338 bits per heavy atom. The van der Waals surface area contributed by atoms with Gasteiger partial charge in [0, 0.05) is 12.8 Å². The van der Waals surface area contributed by atoms with Crippen molar-refractivity contribution >= 4 is 11.9 Å². The van der Waals surface area contributed by atoms with Gasteiger partial charge in [-0.15, -0.1) is 0 Å². The lowest BCUT2D eigenvalue weighted by Crippen LogP contribution is -2.28. The maximum absolute atomic E-state index is 12.3. The summed E-state index contributed by atoms with van der Waals surface area (Å²) in [5.41, 5.74) is 0. The number of hydrogen-bond acceptors (Lipinski definition) is 5. The van der Waals surface area contributed by atoms with Gasteiger partial charge in [-0.1, -0.05) is 244 Å². The summed E-state index contributed by atoms with van der Waals surface area (Å²) in [5, 5.41) is 9.64. The van der Waals surface area contributed by atoms with Crippen molar-refractivity contribution in [3.8, 4) is 0 Å². The van der Waals surface area contributed by atoms with Crippen molar-refractivity contribution in [2.45, 2.75) is 238 Å².